The molecule has 4 N–H and O–H groups in total. The van der Waals surface area contributed by atoms with E-state index in [0.717, 1.165) is 44.3 Å². The summed E-state index contributed by atoms with van der Waals surface area (Å²) in [5, 5.41) is 5.31. The van der Waals surface area contributed by atoms with Gasteiger partial charge in [0.1, 0.15) is 23.7 Å². The van der Waals surface area contributed by atoms with Gasteiger partial charge in [-0.25, -0.2) is 19.6 Å². The quantitative estimate of drug-likeness (QED) is 0.0961. The molecule has 0 unspecified atom stereocenters. The molecule has 7 aromatic rings. The van der Waals surface area contributed by atoms with Crippen LogP contribution in [0.15, 0.2) is 121 Å². The first-order chi connectivity index (χ1) is 28.9. The fourth-order valence-electron chi connectivity index (χ4n) is 7.04. The van der Waals surface area contributed by atoms with E-state index in [4.69, 9.17) is 19.4 Å². The summed E-state index contributed by atoms with van der Waals surface area (Å²) in [6, 6.07) is 35.6. The SMILES string of the molecule is COC(=O)N[C@@H](C(=O)N(C)[C@H](C)c1nc2ccc(-c3ccc(-c4ccc5nc([C@@H](C)N(C)C(=O)[C@H](NC(=O)OC)c6ccccc6)[nH]c5c4)cc3)cc2[nH]1)c1ccccc1. The molecule has 7 rings (SSSR count). The second kappa shape index (κ2) is 17.6. The van der Waals surface area contributed by atoms with Crippen LogP contribution >= 0.6 is 0 Å². The van der Waals surface area contributed by atoms with E-state index in [2.05, 4.69) is 44.9 Å². The molecule has 0 radical (unpaired) electrons. The van der Waals surface area contributed by atoms with E-state index in [9.17, 15) is 19.2 Å². The molecule has 0 saturated heterocycles. The number of benzene rings is 5. The predicted molar refractivity (Wildman–Crippen MR) is 228 cm³/mol. The highest BCUT2D eigenvalue weighted by molar-refractivity contribution is 5.89. The van der Waals surface area contributed by atoms with Crippen LogP contribution in [0.25, 0.3) is 44.3 Å². The Kier molecular flexibility index (Phi) is 11.9. The molecule has 0 aliphatic heterocycles. The molecule has 14 nitrogen and oxygen atoms in total. The lowest BCUT2D eigenvalue weighted by atomic mass is 10.00. The Balaban J connectivity index is 1.05. The average molecular weight is 807 g/mol. The van der Waals surface area contributed by atoms with Crippen LogP contribution in [-0.2, 0) is 19.1 Å². The van der Waals surface area contributed by atoms with Crippen LogP contribution in [0.5, 0.6) is 0 Å². The number of nitrogens with one attached hydrogen (secondary N) is 4. The smallest absolute Gasteiger partial charge is 0.407 e. The Morgan fingerprint density at radius 1 is 0.533 bits per heavy atom. The maximum absolute atomic E-state index is 13.7. The van der Waals surface area contributed by atoms with E-state index in [1.54, 1.807) is 48.2 Å². The zero-order valence-corrected chi connectivity index (χ0v) is 34.1. The number of likely N-dealkylation sites (N-methyl/N-ethyl adjacent to an activating group) is 2. The van der Waals surface area contributed by atoms with E-state index in [1.807, 2.05) is 86.6 Å². The monoisotopic (exact) mass is 806 g/mol. The maximum atomic E-state index is 13.7. The van der Waals surface area contributed by atoms with Crippen LogP contribution in [-0.4, -0.2) is 82.1 Å². The molecule has 4 atom stereocenters. The van der Waals surface area contributed by atoms with Gasteiger partial charge in [-0.3, -0.25) is 9.59 Å². The Morgan fingerprint density at radius 2 is 0.883 bits per heavy atom. The predicted octanol–water partition coefficient (Wildman–Crippen LogP) is 8.01. The van der Waals surface area contributed by atoms with E-state index in [1.165, 1.54) is 14.2 Å². The van der Waals surface area contributed by atoms with Crippen molar-refractivity contribution in [3.8, 4) is 22.3 Å². The van der Waals surface area contributed by atoms with Gasteiger partial charge in [0.15, 0.2) is 0 Å². The number of amides is 4. The highest BCUT2D eigenvalue weighted by Crippen LogP contribution is 2.31. The van der Waals surface area contributed by atoms with Gasteiger partial charge >= 0.3 is 12.2 Å². The van der Waals surface area contributed by atoms with E-state index in [0.29, 0.717) is 22.8 Å². The number of alkyl carbamates (subject to hydrolysis) is 2. The van der Waals surface area contributed by atoms with Crippen molar-refractivity contribution in [2.45, 2.75) is 38.0 Å². The number of hydrogen-bond acceptors (Lipinski definition) is 8. The summed E-state index contributed by atoms with van der Waals surface area (Å²) in [5.74, 6) is 0.584. The molecular weight excluding hydrogens is 761 g/mol. The minimum Gasteiger partial charge on any atom is -0.453 e. The third kappa shape index (κ3) is 8.53. The normalized spacial score (nSPS) is 13.2. The van der Waals surface area contributed by atoms with Crippen molar-refractivity contribution in [2.75, 3.05) is 28.3 Å². The van der Waals surface area contributed by atoms with Crippen LogP contribution in [0.4, 0.5) is 9.59 Å². The first-order valence-electron chi connectivity index (χ1n) is 19.4. The van der Waals surface area contributed by atoms with Crippen molar-refractivity contribution in [1.82, 2.24) is 40.4 Å². The molecule has 0 bridgehead atoms. The standard InChI is InChI=1S/C46H46N8O6/c1-27(53(3)43(55)39(51-45(57)59-5)31-13-9-7-10-14-31)41-47-35-23-21-33(25-37(35)49-41)29-17-19-30(20-18-29)34-22-24-36-38(26-34)50-42(48-36)28(2)54(4)44(56)40(52-46(58)60-6)32-15-11-8-12-16-32/h7-28,39-40H,1-6H3,(H,47,49)(H,48,50)(H,51,57)(H,52,58)/t27-,28-,39-,40-/m1/s1. The van der Waals surface area contributed by atoms with Crippen molar-refractivity contribution in [2.24, 2.45) is 0 Å². The van der Waals surface area contributed by atoms with Gasteiger partial charge < -0.3 is 39.9 Å². The maximum Gasteiger partial charge on any atom is 0.407 e. The molecule has 2 aromatic heterocycles. The van der Waals surface area contributed by atoms with Crippen molar-refractivity contribution in [3.05, 3.63) is 144 Å². The summed E-state index contributed by atoms with van der Waals surface area (Å²) in [6.45, 7) is 3.76. The topological polar surface area (TPSA) is 175 Å². The van der Waals surface area contributed by atoms with Crippen LogP contribution < -0.4 is 10.6 Å². The van der Waals surface area contributed by atoms with Gasteiger partial charge in [0, 0.05) is 14.1 Å². The van der Waals surface area contributed by atoms with Gasteiger partial charge in [-0.2, -0.15) is 0 Å². The summed E-state index contributed by atoms with van der Waals surface area (Å²) >= 11 is 0. The zero-order valence-electron chi connectivity index (χ0n) is 34.1. The van der Waals surface area contributed by atoms with E-state index in [-0.39, 0.29) is 11.8 Å². The Bertz CT molecular complexity index is 2460. The van der Waals surface area contributed by atoms with Gasteiger partial charge in [0.25, 0.3) is 0 Å². The highest BCUT2D eigenvalue weighted by atomic mass is 16.5. The lowest BCUT2D eigenvalue weighted by molar-refractivity contribution is -0.135. The molecule has 5 aromatic carbocycles. The van der Waals surface area contributed by atoms with Crippen LogP contribution in [0.3, 0.4) is 0 Å². The third-order valence-corrected chi connectivity index (χ3v) is 10.9. The van der Waals surface area contributed by atoms with E-state index < -0.39 is 36.4 Å². The van der Waals surface area contributed by atoms with Gasteiger partial charge in [-0.05, 0) is 71.5 Å². The number of methoxy groups -OCH3 is 2. The Labute approximate surface area is 346 Å². The number of fused-ring (bicyclic) bond motifs is 2. The molecule has 306 valence electrons. The first kappa shape index (κ1) is 40.7. The molecule has 14 heteroatoms. The second-order valence-corrected chi connectivity index (χ2v) is 14.5. The van der Waals surface area contributed by atoms with Crippen LogP contribution in [0, 0.1) is 0 Å². The third-order valence-electron chi connectivity index (χ3n) is 10.9. The number of carbonyl (C=O) groups is 4. The summed E-state index contributed by atoms with van der Waals surface area (Å²) in [7, 11) is 5.89. The van der Waals surface area contributed by atoms with Crippen molar-refractivity contribution in [1.29, 1.82) is 0 Å². The van der Waals surface area contributed by atoms with Gasteiger partial charge in [-0.1, -0.05) is 97.1 Å². The molecule has 0 aliphatic carbocycles. The van der Waals surface area contributed by atoms with Crippen molar-refractivity contribution < 1.29 is 28.7 Å². The summed E-state index contributed by atoms with van der Waals surface area (Å²) in [4.78, 5) is 71.2. The summed E-state index contributed by atoms with van der Waals surface area (Å²) < 4.78 is 9.58. The van der Waals surface area contributed by atoms with Gasteiger partial charge in [0.2, 0.25) is 11.8 Å². The second-order valence-electron chi connectivity index (χ2n) is 14.5. The number of H-pyrrole nitrogens is 2. The number of aromatic amines is 2. The van der Waals surface area contributed by atoms with Crippen molar-refractivity contribution in [3.63, 3.8) is 0 Å². The Morgan fingerprint density at radius 3 is 1.23 bits per heavy atom. The molecule has 0 fully saturated rings. The first-order valence-corrected chi connectivity index (χ1v) is 19.4. The molecule has 0 saturated carbocycles. The van der Waals surface area contributed by atoms with Crippen molar-refractivity contribution >= 4 is 46.1 Å². The lowest BCUT2D eigenvalue weighted by Crippen LogP contribution is -2.42. The minimum atomic E-state index is -0.935. The van der Waals surface area contributed by atoms with Crippen LogP contribution in [0.2, 0.25) is 0 Å². The number of carbonyl (C=O) groups excluding carboxylic acids is 4. The zero-order chi connectivity index (χ0) is 42.5. The molecule has 4 amide bonds. The molecular formula is C46H46N8O6. The molecule has 0 aliphatic rings. The largest absolute Gasteiger partial charge is 0.453 e. The number of ether oxygens (including phenoxy) is 2. The number of aromatic nitrogens is 4. The number of nitrogens with zero attached hydrogens (tertiary/aromatic N) is 4. The molecule has 60 heavy (non-hydrogen) atoms. The Hall–Kier alpha value is -7.48. The van der Waals surface area contributed by atoms with Gasteiger partial charge in [-0.15, -0.1) is 0 Å². The van der Waals surface area contributed by atoms with E-state index >= 15 is 0 Å². The fraction of sp³-hybridized carbons (Fsp3) is 0.217. The summed E-state index contributed by atoms with van der Waals surface area (Å²) in [6.07, 6.45) is -1.40. The number of imidazole rings is 2. The number of rotatable bonds is 12. The average Bonchev–Trinajstić information content (AvgIpc) is 3.93. The fourth-order valence-corrected chi connectivity index (χ4v) is 7.04. The molecule has 0 spiro atoms. The van der Waals surface area contributed by atoms with Crippen LogP contribution in [0.1, 0.15) is 60.8 Å². The lowest BCUT2D eigenvalue weighted by Gasteiger charge is -2.28. The van der Waals surface area contributed by atoms with Gasteiger partial charge in [0.05, 0.1) is 48.4 Å². The number of hydrogen-bond donors (Lipinski definition) is 4. The summed E-state index contributed by atoms with van der Waals surface area (Å²) in [5.41, 5.74) is 8.45. The molecule has 2 heterocycles. The minimum absolute atomic E-state index is 0.315. The highest BCUT2D eigenvalue weighted by Gasteiger charge is 2.31.